The number of benzene rings is 1. The van der Waals surface area contributed by atoms with Crippen molar-refractivity contribution >= 4 is 21.4 Å². The van der Waals surface area contributed by atoms with Gasteiger partial charge in [0.2, 0.25) is 5.91 Å². The zero-order valence-electron chi connectivity index (χ0n) is 15.0. The molecular weight excluding hydrogens is 322 g/mol. The van der Waals surface area contributed by atoms with Crippen molar-refractivity contribution in [2.24, 2.45) is 0 Å². The molecule has 4 nitrogen and oxygen atoms in total. The van der Waals surface area contributed by atoms with Gasteiger partial charge in [0.25, 0.3) is 0 Å². The maximum absolute atomic E-state index is 12.6. The first-order chi connectivity index (χ1) is 11.5. The van der Waals surface area contributed by atoms with Gasteiger partial charge in [0, 0.05) is 11.5 Å². The number of amides is 1. The van der Waals surface area contributed by atoms with Crippen LogP contribution in [-0.2, 0) is 30.5 Å². The summed E-state index contributed by atoms with van der Waals surface area (Å²) in [5.74, 6) is 1.09. The highest BCUT2D eigenvalue weighted by Gasteiger charge is 2.37. The molecule has 1 aliphatic heterocycles. The lowest BCUT2D eigenvalue weighted by Gasteiger charge is -2.31. The third-order valence-corrected chi connectivity index (χ3v) is 8.14. The molecule has 134 valence electrons. The van der Waals surface area contributed by atoms with Crippen molar-refractivity contribution in [2.75, 3.05) is 11.5 Å². The van der Waals surface area contributed by atoms with Crippen LogP contribution >= 0.6 is 10.2 Å². The van der Waals surface area contributed by atoms with Crippen LogP contribution in [0.4, 0.5) is 4.79 Å². The van der Waals surface area contributed by atoms with E-state index in [0.717, 1.165) is 37.7 Å². The molecule has 2 rings (SSSR count). The van der Waals surface area contributed by atoms with Crippen LogP contribution in [-0.4, -0.2) is 27.8 Å². The van der Waals surface area contributed by atoms with E-state index in [0.29, 0.717) is 17.9 Å². The fraction of sp³-hybridized carbons (Fsp3) is 0.579. The maximum atomic E-state index is 12.6. The van der Waals surface area contributed by atoms with Crippen molar-refractivity contribution in [1.29, 1.82) is 0 Å². The van der Waals surface area contributed by atoms with E-state index in [1.807, 2.05) is 0 Å². The standard InChI is InChI=1S/C19H29NO3S/c1-4-14-11-15(5-2)17(16(6-3)12-14)13-18(21)20-24(19(22)23)9-7-8-10-24/h11-12H,4-10,13H2,1-3H3,(H,20,21)(H,22,23). The first-order valence-electron chi connectivity index (χ1n) is 8.91. The van der Waals surface area contributed by atoms with Crippen LogP contribution in [0, 0.1) is 0 Å². The van der Waals surface area contributed by atoms with E-state index in [-0.39, 0.29) is 5.91 Å². The Morgan fingerprint density at radius 2 is 1.58 bits per heavy atom. The maximum Gasteiger partial charge on any atom is 0.364 e. The predicted molar refractivity (Wildman–Crippen MR) is 101 cm³/mol. The van der Waals surface area contributed by atoms with Crippen LogP contribution in [0.2, 0.25) is 0 Å². The SMILES string of the molecule is CCc1cc(CC)c(CC(=O)NS2(C(=O)O)CCCC2)c(CC)c1. The molecule has 0 radical (unpaired) electrons. The summed E-state index contributed by atoms with van der Waals surface area (Å²) in [5, 5.41) is 8.75. The summed E-state index contributed by atoms with van der Waals surface area (Å²) in [5.41, 5.74) is 4.82. The lowest BCUT2D eigenvalue weighted by atomic mass is 9.92. The monoisotopic (exact) mass is 351 g/mol. The average Bonchev–Trinajstić information content (AvgIpc) is 3.04. The molecule has 5 heteroatoms. The van der Waals surface area contributed by atoms with Crippen molar-refractivity contribution in [1.82, 2.24) is 4.72 Å². The summed E-state index contributed by atoms with van der Waals surface area (Å²) in [6.07, 6.45) is 4.85. The third kappa shape index (κ3) is 3.94. The minimum atomic E-state index is -2.03. The summed E-state index contributed by atoms with van der Waals surface area (Å²) in [7, 11) is -2.03. The van der Waals surface area contributed by atoms with Crippen LogP contribution in [0.1, 0.15) is 55.9 Å². The van der Waals surface area contributed by atoms with E-state index in [4.69, 9.17) is 0 Å². The molecule has 1 aromatic rings. The Kier molecular flexibility index (Phi) is 6.33. The molecule has 1 heterocycles. The second-order valence-corrected chi connectivity index (χ2v) is 9.56. The molecule has 1 amide bonds. The number of carboxylic acid groups (broad SMARTS) is 1. The summed E-state index contributed by atoms with van der Waals surface area (Å²) in [6, 6.07) is 4.38. The van der Waals surface area contributed by atoms with Gasteiger partial charge in [-0.1, -0.05) is 43.1 Å². The molecule has 1 aromatic carbocycles. The fourth-order valence-electron chi connectivity index (χ4n) is 3.47. The van der Waals surface area contributed by atoms with Gasteiger partial charge in [-0.2, -0.15) is 0 Å². The quantitative estimate of drug-likeness (QED) is 0.834. The second kappa shape index (κ2) is 8.06. The molecule has 1 aliphatic rings. The lowest BCUT2D eigenvalue weighted by Crippen LogP contribution is -2.34. The molecule has 1 saturated heterocycles. The Balaban J connectivity index is 2.23. The summed E-state index contributed by atoms with van der Waals surface area (Å²) in [6.45, 7) is 6.35. The number of hydrogen-bond acceptors (Lipinski definition) is 2. The van der Waals surface area contributed by atoms with Gasteiger partial charge in [-0.05, 0) is 54.4 Å². The van der Waals surface area contributed by atoms with Gasteiger partial charge in [-0.25, -0.2) is 4.79 Å². The topological polar surface area (TPSA) is 66.4 Å². The van der Waals surface area contributed by atoms with Gasteiger partial charge >= 0.3 is 5.30 Å². The molecule has 0 atom stereocenters. The minimum Gasteiger partial charge on any atom is -0.473 e. The van der Waals surface area contributed by atoms with Crippen LogP contribution < -0.4 is 4.72 Å². The van der Waals surface area contributed by atoms with E-state index in [1.165, 1.54) is 16.7 Å². The summed E-state index contributed by atoms with van der Waals surface area (Å²) in [4.78, 5) is 24.3. The van der Waals surface area contributed by atoms with E-state index in [2.05, 4.69) is 37.6 Å². The van der Waals surface area contributed by atoms with Crippen LogP contribution in [0.15, 0.2) is 12.1 Å². The van der Waals surface area contributed by atoms with Crippen molar-refractivity contribution < 1.29 is 14.7 Å². The average molecular weight is 352 g/mol. The first-order valence-corrected chi connectivity index (χ1v) is 10.9. The Morgan fingerprint density at radius 3 is 2.00 bits per heavy atom. The molecule has 2 N–H and O–H groups in total. The van der Waals surface area contributed by atoms with Gasteiger partial charge in [0.1, 0.15) is 0 Å². The van der Waals surface area contributed by atoms with E-state index >= 15 is 0 Å². The zero-order valence-corrected chi connectivity index (χ0v) is 15.8. The van der Waals surface area contributed by atoms with Gasteiger partial charge in [-0.3, -0.25) is 4.79 Å². The molecule has 0 saturated carbocycles. The van der Waals surface area contributed by atoms with Gasteiger partial charge in [0.15, 0.2) is 0 Å². The Morgan fingerprint density at radius 1 is 1.04 bits per heavy atom. The second-order valence-electron chi connectivity index (χ2n) is 6.42. The van der Waals surface area contributed by atoms with Crippen molar-refractivity contribution in [2.45, 2.75) is 59.3 Å². The largest absolute Gasteiger partial charge is 0.473 e. The number of hydrogen-bond donors (Lipinski definition) is 2. The Bertz CT molecular complexity index is 596. The highest BCUT2D eigenvalue weighted by molar-refractivity contribution is 8.43. The molecule has 0 aromatic heterocycles. The molecule has 0 aliphatic carbocycles. The number of carbonyl (C=O) groups is 2. The van der Waals surface area contributed by atoms with Crippen LogP contribution in [0.5, 0.6) is 0 Å². The molecular formula is C19H29NO3S. The molecule has 0 spiro atoms. The zero-order chi connectivity index (χ0) is 17.7. The fourth-order valence-corrected chi connectivity index (χ4v) is 6.21. The first kappa shape index (κ1) is 18.8. The van der Waals surface area contributed by atoms with Gasteiger partial charge in [0.05, 0.1) is 6.42 Å². The van der Waals surface area contributed by atoms with Crippen molar-refractivity contribution in [3.8, 4) is 0 Å². The number of carbonyl (C=O) groups excluding carboxylic acids is 1. The molecule has 0 bridgehead atoms. The van der Waals surface area contributed by atoms with Crippen molar-refractivity contribution in [3.63, 3.8) is 0 Å². The number of rotatable bonds is 5. The highest BCUT2D eigenvalue weighted by Crippen LogP contribution is 2.50. The molecule has 24 heavy (non-hydrogen) atoms. The van der Waals surface area contributed by atoms with Crippen LogP contribution in [0.3, 0.4) is 0 Å². The highest BCUT2D eigenvalue weighted by atomic mass is 32.3. The molecule has 1 fully saturated rings. The normalized spacial score (nSPS) is 17.5. The van der Waals surface area contributed by atoms with Gasteiger partial charge in [-0.15, -0.1) is 0 Å². The van der Waals surface area contributed by atoms with Crippen molar-refractivity contribution in [3.05, 3.63) is 34.4 Å². The minimum absolute atomic E-state index is 0.136. The summed E-state index contributed by atoms with van der Waals surface area (Å²) >= 11 is 0. The Labute approximate surface area is 146 Å². The predicted octanol–water partition coefficient (Wildman–Crippen LogP) is 4.22. The third-order valence-electron chi connectivity index (χ3n) is 4.88. The van der Waals surface area contributed by atoms with E-state index < -0.39 is 15.5 Å². The lowest BCUT2D eigenvalue weighted by molar-refractivity contribution is -0.118. The van der Waals surface area contributed by atoms with Gasteiger partial charge < -0.3 is 9.83 Å². The number of nitrogens with one attached hydrogen (secondary N) is 1. The van der Waals surface area contributed by atoms with Crippen LogP contribution in [0.25, 0.3) is 0 Å². The summed E-state index contributed by atoms with van der Waals surface area (Å²) < 4.78 is 2.92. The van der Waals surface area contributed by atoms with E-state index in [9.17, 15) is 14.7 Å². The smallest absolute Gasteiger partial charge is 0.364 e. The van der Waals surface area contributed by atoms with E-state index in [1.54, 1.807) is 0 Å². The molecule has 0 unspecified atom stereocenters. The Hall–Kier alpha value is -1.49. The number of aryl methyl sites for hydroxylation is 3.